The molecule has 31 heavy (non-hydrogen) atoms. The van der Waals surface area contributed by atoms with E-state index in [-0.39, 0.29) is 5.91 Å². The molecule has 2 aromatic heterocycles. The predicted molar refractivity (Wildman–Crippen MR) is 122 cm³/mol. The van der Waals surface area contributed by atoms with Crippen molar-refractivity contribution in [3.05, 3.63) is 70.9 Å². The molecule has 7 nitrogen and oxygen atoms in total. The van der Waals surface area contributed by atoms with Crippen LogP contribution in [0.4, 0.5) is 5.13 Å². The summed E-state index contributed by atoms with van der Waals surface area (Å²) in [7, 11) is 3.19. The average molecular weight is 435 g/mol. The number of para-hydroxylation sites is 1. The fourth-order valence-corrected chi connectivity index (χ4v) is 4.16. The molecule has 0 unspecified atom stereocenters. The molecule has 1 N–H and O–H groups in total. The van der Waals surface area contributed by atoms with E-state index in [1.807, 2.05) is 62.4 Å². The molecular weight excluding hydrogens is 412 g/mol. The van der Waals surface area contributed by atoms with Gasteiger partial charge in [-0.05, 0) is 44.2 Å². The number of amides is 1. The summed E-state index contributed by atoms with van der Waals surface area (Å²) in [4.78, 5) is 18.5. The van der Waals surface area contributed by atoms with Crippen molar-refractivity contribution in [2.45, 2.75) is 13.8 Å². The van der Waals surface area contributed by atoms with Gasteiger partial charge in [0, 0.05) is 10.4 Å². The predicted octanol–water partition coefficient (Wildman–Crippen LogP) is 4.88. The Morgan fingerprint density at radius 1 is 1.03 bits per heavy atom. The third-order valence-electron chi connectivity index (χ3n) is 4.93. The summed E-state index contributed by atoms with van der Waals surface area (Å²) in [6.07, 6.45) is 1.58. The normalized spacial score (nSPS) is 10.7. The lowest BCUT2D eigenvalue weighted by molar-refractivity contribution is 0.102. The standard InChI is InChI=1S/C23H22N4O3S/c1-14-18(13-24-27(14)17-8-6-5-7-9-17)22(28)26-23-25-21(15(2)31-23)16-10-11-19(29-3)20(12-16)30-4/h5-13H,1-4H3,(H,25,26,28). The van der Waals surface area contributed by atoms with Crippen LogP contribution in [-0.2, 0) is 0 Å². The van der Waals surface area contributed by atoms with Gasteiger partial charge >= 0.3 is 0 Å². The quantitative estimate of drug-likeness (QED) is 0.468. The Morgan fingerprint density at radius 2 is 1.77 bits per heavy atom. The molecule has 0 atom stereocenters. The average Bonchev–Trinajstić information content (AvgIpc) is 3.35. The van der Waals surface area contributed by atoms with Gasteiger partial charge in [0.05, 0.1) is 43.1 Å². The van der Waals surface area contributed by atoms with Crippen LogP contribution in [-0.4, -0.2) is 34.9 Å². The molecule has 1 amide bonds. The number of thiazole rings is 1. The van der Waals surface area contributed by atoms with E-state index in [1.165, 1.54) is 11.3 Å². The fourth-order valence-electron chi connectivity index (χ4n) is 3.33. The third-order valence-corrected chi connectivity index (χ3v) is 5.82. The summed E-state index contributed by atoms with van der Waals surface area (Å²) in [5.74, 6) is 1.03. The van der Waals surface area contributed by atoms with E-state index in [1.54, 1.807) is 25.1 Å². The van der Waals surface area contributed by atoms with E-state index >= 15 is 0 Å². The van der Waals surface area contributed by atoms with Crippen molar-refractivity contribution in [2.75, 3.05) is 19.5 Å². The number of rotatable bonds is 6. The summed E-state index contributed by atoms with van der Waals surface area (Å²) in [6.45, 7) is 3.84. The SMILES string of the molecule is COc1ccc(-c2nc(NC(=O)c3cnn(-c4ccccc4)c3C)sc2C)cc1OC. The number of carbonyl (C=O) groups excluding carboxylic acids is 1. The van der Waals surface area contributed by atoms with E-state index in [4.69, 9.17) is 9.47 Å². The Balaban J connectivity index is 1.58. The van der Waals surface area contributed by atoms with Gasteiger partial charge in [-0.3, -0.25) is 10.1 Å². The molecule has 2 aromatic carbocycles. The first-order chi connectivity index (χ1) is 15.0. The summed E-state index contributed by atoms with van der Waals surface area (Å²) < 4.78 is 12.4. The van der Waals surface area contributed by atoms with Gasteiger partial charge in [-0.2, -0.15) is 5.10 Å². The lowest BCUT2D eigenvalue weighted by atomic mass is 10.1. The van der Waals surface area contributed by atoms with Crippen LogP contribution in [0.2, 0.25) is 0 Å². The zero-order valence-corrected chi connectivity index (χ0v) is 18.5. The van der Waals surface area contributed by atoms with E-state index in [2.05, 4.69) is 15.4 Å². The highest BCUT2D eigenvalue weighted by atomic mass is 32.1. The van der Waals surface area contributed by atoms with E-state index < -0.39 is 0 Å². The zero-order valence-electron chi connectivity index (χ0n) is 17.7. The van der Waals surface area contributed by atoms with Crippen molar-refractivity contribution in [1.29, 1.82) is 0 Å². The number of anilines is 1. The Labute approximate surface area is 184 Å². The Kier molecular flexibility index (Phi) is 5.73. The molecule has 8 heteroatoms. The topological polar surface area (TPSA) is 78.3 Å². The maximum atomic E-state index is 12.9. The monoisotopic (exact) mass is 434 g/mol. The molecule has 0 spiro atoms. The van der Waals surface area contributed by atoms with Gasteiger partial charge in [0.15, 0.2) is 16.6 Å². The minimum absolute atomic E-state index is 0.243. The van der Waals surface area contributed by atoms with E-state index in [9.17, 15) is 4.79 Å². The highest BCUT2D eigenvalue weighted by molar-refractivity contribution is 7.16. The molecule has 0 aliphatic heterocycles. The number of nitrogens with zero attached hydrogens (tertiary/aromatic N) is 3. The highest BCUT2D eigenvalue weighted by Crippen LogP contribution is 2.36. The van der Waals surface area contributed by atoms with Crippen molar-refractivity contribution in [1.82, 2.24) is 14.8 Å². The highest BCUT2D eigenvalue weighted by Gasteiger charge is 2.18. The molecule has 0 saturated carbocycles. The van der Waals surface area contributed by atoms with Crippen LogP contribution in [0.15, 0.2) is 54.7 Å². The minimum Gasteiger partial charge on any atom is -0.493 e. The van der Waals surface area contributed by atoms with Crippen molar-refractivity contribution >= 4 is 22.4 Å². The van der Waals surface area contributed by atoms with Crippen LogP contribution in [0, 0.1) is 13.8 Å². The van der Waals surface area contributed by atoms with Crippen LogP contribution >= 0.6 is 11.3 Å². The summed E-state index contributed by atoms with van der Waals surface area (Å²) in [6, 6.07) is 15.3. The summed E-state index contributed by atoms with van der Waals surface area (Å²) in [5.41, 5.74) is 3.85. The Morgan fingerprint density at radius 3 is 2.48 bits per heavy atom. The molecule has 4 aromatic rings. The molecular formula is C23H22N4O3S. The number of nitrogens with one attached hydrogen (secondary N) is 1. The molecule has 158 valence electrons. The van der Waals surface area contributed by atoms with Gasteiger partial charge in [-0.25, -0.2) is 9.67 Å². The molecule has 4 rings (SSSR count). The Hall–Kier alpha value is -3.65. The minimum atomic E-state index is -0.243. The fraction of sp³-hybridized carbons (Fsp3) is 0.174. The van der Waals surface area contributed by atoms with Crippen molar-refractivity contribution in [3.8, 4) is 28.4 Å². The molecule has 2 heterocycles. The first kappa shape index (κ1) is 20.6. The first-order valence-corrected chi connectivity index (χ1v) is 10.4. The van der Waals surface area contributed by atoms with Gasteiger partial charge in [-0.1, -0.05) is 18.2 Å². The Bertz CT molecular complexity index is 1230. The number of aromatic nitrogens is 3. The van der Waals surface area contributed by atoms with E-state index in [0.717, 1.165) is 27.5 Å². The second-order valence-electron chi connectivity index (χ2n) is 6.84. The van der Waals surface area contributed by atoms with E-state index in [0.29, 0.717) is 22.2 Å². The molecule has 0 aliphatic carbocycles. The van der Waals surface area contributed by atoms with Gasteiger partial charge in [-0.15, -0.1) is 11.3 Å². The maximum absolute atomic E-state index is 12.9. The summed E-state index contributed by atoms with van der Waals surface area (Å²) in [5, 5.41) is 7.80. The smallest absolute Gasteiger partial charge is 0.260 e. The number of carbonyl (C=O) groups is 1. The number of hydrogen-bond acceptors (Lipinski definition) is 6. The largest absolute Gasteiger partial charge is 0.493 e. The van der Waals surface area contributed by atoms with Crippen molar-refractivity contribution in [3.63, 3.8) is 0 Å². The number of benzene rings is 2. The molecule has 0 fully saturated rings. The lowest BCUT2D eigenvalue weighted by Gasteiger charge is -2.08. The molecule has 0 radical (unpaired) electrons. The van der Waals surface area contributed by atoms with Crippen molar-refractivity contribution < 1.29 is 14.3 Å². The third kappa shape index (κ3) is 4.02. The van der Waals surface area contributed by atoms with Crippen LogP contribution in [0.5, 0.6) is 11.5 Å². The van der Waals surface area contributed by atoms with Crippen molar-refractivity contribution in [2.24, 2.45) is 0 Å². The maximum Gasteiger partial charge on any atom is 0.260 e. The number of methoxy groups -OCH3 is 2. The molecule has 0 saturated heterocycles. The molecule has 0 aliphatic rings. The number of hydrogen-bond donors (Lipinski definition) is 1. The number of aryl methyl sites for hydroxylation is 1. The second kappa shape index (κ2) is 8.61. The van der Waals surface area contributed by atoms with Crippen LogP contribution in [0.3, 0.4) is 0 Å². The lowest BCUT2D eigenvalue weighted by Crippen LogP contribution is -2.13. The van der Waals surface area contributed by atoms with Gasteiger partial charge in [0.1, 0.15) is 0 Å². The zero-order chi connectivity index (χ0) is 22.0. The van der Waals surface area contributed by atoms with Gasteiger partial charge < -0.3 is 9.47 Å². The van der Waals surface area contributed by atoms with Crippen LogP contribution in [0.25, 0.3) is 16.9 Å². The van der Waals surface area contributed by atoms with Crippen LogP contribution < -0.4 is 14.8 Å². The van der Waals surface area contributed by atoms with Gasteiger partial charge in [0.2, 0.25) is 0 Å². The second-order valence-corrected chi connectivity index (χ2v) is 8.04. The first-order valence-electron chi connectivity index (χ1n) is 9.63. The van der Waals surface area contributed by atoms with Crippen LogP contribution in [0.1, 0.15) is 20.9 Å². The molecule has 0 bridgehead atoms. The van der Waals surface area contributed by atoms with Gasteiger partial charge in [0.25, 0.3) is 5.91 Å². The summed E-state index contributed by atoms with van der Waals surface area (Å²) >= 11 is 1.42. The number of ether oxygens (including phenoxy) is 2.